The number of quaternary nitrogens is 1. The van der Waals surface area contributed by atoms with E-state index in [1.54, 1.807) is 12.1 Å². The fraction of sp³-hybridized carbons (Fsp3) is 0.409. The van der Waals surface area contributed by atoms with Crippen LogP contribution in [0.4, 0.5) is 18.9 Å². The van der Waals surface area contributed by atoms with Crippen molar-refractivity contribution < 1.29 is 31.3 Å². The Morgan fingerprint density at radius 3 is 2.27 bits per heavy atom. The number of halogens is 4. The van der Waals surface area contributed by atoms with Gasteiger partial charge in [0.15, 0.2) is 6.54 Å². The highest BCUT2D eigenvalue weighted by Crippen LogP contribution is 2.36. The summed E-state index contributed by atoms with van der Waals surface area (Å²) in [5.41, 5.74) is 0.0361. The Morgan fingerprint density at radius 1 is 1.12 bits per heavy atom. The number of carbonyl (C=O) groups excluding carboxylic acids is 1. The van der Waals surface area contributed by atoms with E-state index in [0.717, 1.165) is 22.6 Å². The summed E-state index contributed by atoms with van der Waals surface area (Å²) in [5.74, 6) is -0.158. The van der Waals surface area contributed by atoms with Crippen LogP contribution in [0.2, 0.25) is 5.02 Å². The number of nitrogens with zero attached hydrogens (tertiary/aromatic N) is 1. The molecule has 2 aromatic carbocycles. The number of sulfonamides is 1. The molecular weight excluding hydrogens is 479 g/mol. The minimum atomic E-state index is -4.63. The molecule has 2 aromatic rings. The molecule has 6 nitrogen and oxygen atoms in total. The van der Waals surface area contributed by atoms with Gasteiger partial charge in [0.05, 0.1) is 41.7 Å². The first-order chi connectivity index (χ1) is 15.4. The fourth-order valence-corrected chi connectivity index (χ4v) is 5.31. The zero-order chi connectivity index (χ0) is 24.4. The molecule has 1 fully saturated rings. The molecule has 180 valence electrons. The Balaban J connectivity index is 1.56. The van der Waals surface area contributed by atoms with Gasteiger partial charge in [-0.25, -0.2) is 8.42 Å². The van der Waals surface area contributed by atoms with Gasteiger partial charge in [-0.3, -0.25) is 4.79 Å². The highest BCUT2D eigenvalue weighted by atomic mass is 35.5. The first-order valence-electron chi connectivity index (χ1n) is 10.5. The summed E-state index contributed by atoms with van der Waals surface area (Å²) in [4.78, 5) is 13.4. The molecule has 1 aliphatic rings. The Hall–Kier alpha value is -2.14. The van der Waals surface area contributed by atoms with Gasteiger partial charge in [0.1, 0.15) is 0 Å². The summed E-state index contributed by atoms with van der Waals surface area (Å²) in [5, 5.41) is 2.02. The second-order valence-electron chi connectivity index (χ2n) is 8.30. The quantitative estimate of drug-likeness (QED) is 0.635. The molecule has 1 amide bonds. The molecule has 0 aromatic heterocycles. The molecule has 2 N–H and O–H groups in total. The van der Waals surface area contributed by atoms with Gasteiger partial charge in [0.2, 0.25) is 10.0 Å². The molecule has 11 heteroatoms. The van der Waals surface area contributed by atoms with Gasteiger partial charge in [-0.05, 0) is 41.8 Å². The minimum Gasteiger partial charge on any atom is -0.325 e. The number of piperazine rings is 1. The Bertz CT molecular complexity index is 1100. The highest BCUT2D eigenvalue weighted by molar-refractivity contribution is 7.89. The fourth-order valence-electron chi connectivity index (χ4n) is 3.65. The van der Waals surface area contributed by atoms with Crippen molar-refractivity contribution in [2.24, 2.45) is 0 Å². The molecule has 0 bridgehead atoms. The zero-order valence-electron chi connectivity index (χ0n) is 18.2. The van der Waals surface area contributed by atoms with Crippen LogP contribution in [-0.4, -0.2) is 51.4 Å². The molecule has 0 atom stereocenters. The maximum absolute atomic E-state index is 13.0. The number of anilines is 1. The molecule has 33 heavy (non-hydrogen) atoms. The second-order valence-corrected chi connectivity index (χ2v) is 10.6. The van der Waals surface area contributed by atoms with Crippen LogP contribution >= 0.6 is 11.6 Å². The predicted octanol–water partition coefficient (Wildman–Crippen LogP) is 3.01. The first-order valence-corrected chi connectivity index (χ1v) is 12.3. The lowest BCUT2D eigenvalue weighted by molar-refractivity contribution is -0.895. The van der Waals surface area contributed by atoms with E-state index in [0.29, 0.717) is 19.0 Å². The van der Waals surface area contributed by atoms with Gasteiger partial charge in [-0.1, -0.05) is 37.6 Å². The highest BCUT2D eigenvalue weighted by Gasteiger charge is 2.34. The molecule has 0 unspecified atom stereocenters. The lowest BCUT2D eigenvalue weighted by Crippen LogP contribution is -3.15. The molecule has 0 aliphatic carbocycles. The van der Waals surface area contributed by atoms with Crippen LogP contribution in [0.15, 0.2) is 47.4 Å². The van der Waals surface area contributed by atoms with Gasteiger partial charge in [0.25, 0.3) is 5.91 Å². The van der Waals surface area contributed by atoms with Crippen molar-refractivity contribution in [3.8, 4) is 0 Å². The van der Waals surface area contributed by atoms with E-state index >= 15 is 0 Å². The predicted molar refractivity (Wildman–Crippen MR) is 120 cm³/mol. The number of benzene rings is 2. The Morgan fingerprint density at radius 2 is 1.73 bits per heavy atom. The topological polar surface area (TPSA) is 70.9 Å². The molecule has 1 saturated heterocycles. The summed E-state index contributed by atoms with van der Waals surface area (Å²) >= 11 is 5.60. The third-order valence-electron chi connectivity index (χ3n) is 5.58. The van der Waals surface area contributed by atoms with Crippen LogP contribution in [-0.2, 0) is 21.0 Å². The number of hydrogen-bond acceptors (Lipinski definition) is 3. The summed E-state index contributed by atoms with van der Waals surface area (Å²) in [6, 6.07) is 10.0. The lowest BCUT2D eigenvalue weighted by Gasteiger charge is -2.31. The average molecular weight is 505 g/mol. The number of alkyl halides is 3. The molecule has 0 radical (unpaired) electrons. The number of rotatable bonds is 6. The number of amides is 1. The summed E-state index contributed by atoms with van der Waals surface area (Å²) in [7, 11) is -3.63. The van der Waals surface area contributed by atoms with Crippen molar-refractivity contribution in [2.45, 2.75) is 30.8 Å². The van der Waals surface area contributed by atoms with Gasteiger partial charge in [-0.2, -0.15) is 17.5 Å². The summed E-state index contributed by atoms with van der Waals surface area (Å²) in [6.07, 6.45) is -4.63. The van der Waals surface area contributed by atoms with E-state index in [9.17, 15) is 26.4 Å². The van der Waals surface area contributed by atoms with Crippen LogP contribution in [0.3, 0.4) is 0 Å². The molecule has 0 spiro atoms. The molecular formula is C22H26ClF3N3O3S+. The van der Waals surface area contributed by atoms with E-state index in [1.165, 1.54) is 10.4 Å². The first kappa shape index (κ1) is 25.5. The third kappa shape index (κ3) is 6.26. The van der Waals surface area contributed by atoms with Crippen LogP contribution in [0.25, 0.3) is 0 Å². The van der Waals surface area contributed by atoms with Gasteiger partial charge in [0, 0.05) is 5.69 Å². The van der Waals surface area contributed by atoms with Crippen LogP contribution in [0, 0.1) is 0 Å². The molecule has 1 heterocycles. The van der Waals surface area contributed by atoms with Gasteiger partial charge >= 0.3 is 6.18 Å². The van der Waals surface area contributed by atoms with Crippen molar-refractivity contribution in [1.29, 1.82) is 0 Å². The number of hydrogen-bond donors (Lipinski definition) is 2. The lowest BCUT2D eigenvalue weighted by atomic mass is 10.0. The van der Waals surface area contributed by atoms with Crippen LogP contribution < -0.4 is 10.2 Å². The minimum absolute atomic E-state index is 0.00202. The van der Waals surface area contributed by atoms with E-state index < -0.39 is 32.7 Å². The monoisotopic (exact) mass is 504 g/mol. The van der Waals surface area contributed by atoms with Crippen molar-refractivity contribution in [3.63, 3.8) is 0 Å². The molecule has 1 aliphatic heterocycles. The maximum Gasteiger partial charge on any atom is 0.417 e. The number of carbonyl (C=O) groups is 1. The van der Waals surface area contributed by atoms with Crippen LogP contribution in [0.5, 0.6) is 0 Å². The van der Waals surface area contributed by atoms with Gasteiger partial charge in [-0.15, -0.1) is 0 Å². The normalized spacial score (nSPS) is 16.2. The Labute approximate surface area is 196 Å². The number of nitrogens with one attached hydrogen (secondary N) is 2. The summed E-state index contributed by atoms with van der Waals surface area (Å²) < 4.78 is 66.2. The van der Waals surface area contributed by atoms with Crippen molar-refractivity contribution in [2.75, 3.05) is 38.0 Å². The standard InChI is InChI=1S/C22H25ClF3N3O3S/c1-15(2)16-3-6-18(7-4-16)33(31,32)29-11-9-28(10-12-29)14-21(30)27-17-5-8-20(23)19(13-17)22(24,25)26/h3-8,13,15H,9-12,14H2,1-2H3,(H,27,30)/p+1. The van der Waals surface area contributed by atoms with Crippen LogP contribution in [0.1, 0.15) is 30.9 Å². The smallest absolute Gasteiger partial charge is 0.325 e. The van der Waals surface area contributed by atoms with Crippen molar-refractivity contribution in [1.82, 2.24) is 4.31 Å². The average Bonchev–Trinajstić information content (AvgIpc) is 2.74. The second kappa shape index (κ2) is 10.0. The Kier molecular flexibility index (Phi) is 7.73. The van der Waals surface area contributed by atoms with E-state index in [1.807, 2.05) is 26.0 Å². The van der Waals surface area contributed by atoms with Crippen molar-refractivity contribution >= 4 is 33.2 Å². The van der Waals surface area contributed by atoms with E-state index in [-0.39, 0.29) is 30.2 Å². The SMILES string of the molecule is CC(C)c1ccc(S(=O)(=O)N2CC[NH+](CC(=O)Nc3ccc(Cl)c(C(F)(F)F)c3)CC2)cc1. The molecule has 0 saturated carbocycles. The zero-order valence-corrected chi connectivity index (χ0v) is 19.8. The van der Waals surface area contributed by atoms with Gasteiger partial charge < -0.3 is 10.2 Å². The third-order valence-corrected chi connectivity index (χ3v) is 7.82. The largest absolute Gasteiger partial charge is 0.417 e. The van der Waals surface area contributed by atoms with Crippen molar-refractivity contribution in [3.05, 3.63) is 58.6 Å². The van der Waals surface area contributed by atoms with E-state index in [4.69, 9.17) is 11.6 Å². The maximum atomic E-state index is 13.0. The van der Waals surface area contributed by atoms with E-state index in [2.05, 4.69) is 5.32 Å². The summed E-state index contributed by atoms with van der Waals surface area (Å²) in [6.45, 7) is 5.39. The molecule has 3 rings (SSSR count).